The number of rotatable bonds is 4. The maximum absolute atomic E-state index is 13.1. The van der Waals surface area contributed by atoms with E-state index in [1.165, 1.54) is 26.1 Å². The Morgan fingerprint density at radius 3 is 2.72 bits per heavy atom. The number of piperidine rings is 1. The monoisotopic (exact) mass is 467 g/mol. The van der Waals surface area contributed by atoms with Gasteiger partial charge < -0.3 is 5.32 Å². The lowest BCUT2D eigenvalue weighted by Gasteiger charge is -2.31. The van der Waals surface area contributed by atoms with Crippen LogP contribution in [0.1, 0.15) is 28.8 Å². The van der Waals surface area contributed by atoms with E-state index in [9.17, 15) is 13.2 Å². The number of nitrogens with zero attached hydrogens (tertiary/aromatic N) is 2. The lowest BCUT2D eigenvalue weighted by molar-refractivity contribution is -0.120. The summed E-state index contributed by atoms with van der Waals surface area (Å²) in [7, 11) is -3.61. The fourth-order valence-corrected chi connectivity index (χ4v) is 6.95. The second kappa shape index (κ2) is 8.42. The third-order valence-corrected chi connectivity index (χ3v) is 9.14. The van der Waals surface area contributed by atoms with E-state index >= 15 is 0 Å². The number of benzene rings is 2. The van der Waals surface area contributed by atoms with E-state index in [1.54, 1.807) is 24.3 Å². The van der Waals surface area contributed by atoms with Crippen LogP contribution in [0.25, 0.3) is 11.3 Å². The molecular weight excluding hydrogens is 442 g/mol. The Morgan fingerprint density at radius 2 is 1.91 bits per heavy atom. The molecule has 3 aromatic rings. The minimum atomic E-state index is -3.61. The van der Waals surface area contributed by atoms with Crippen LogP contribution in [-0.4, -0.2) is 36.7 Å². The first-order valence-electron chi connectivity index (χ1n) is 10.9. The molecule has 8 heteroatoms. The summed E-state index contributed by atoms with van der Waals surface area (Å²) in [4.78, 5) is 19.2. The summed E-state index contributed by atoms with van der Waals surface area (Å²) in [6.45, 7) is 2.55. The molecule has 1 atom stereocenters. The number of hydrogen-bond acceptors (Lipinski definition) is 5. The fourth-order valence-electron chi connectivity index (χ4n) is 4.44. The van der Waals surface area contributed by atoms with E-state index in [0.29, 0.717) is 24.5 Å². The molecule has 6 nitrogen and oxygen atoms in total. The zero-order valence-corrected chi connectivity index (χ0v) is 19.5. The smallest absolute Gasteiger partial charge is 0.243 e. The Labute approximate surface area is 192 Å². The fraction of sp³-hybridized carbons (Fsp3) is 0.333. The molecule has 0 bridgehead atoms. The highest BCUT2D eigenvalue weighted by Crippen LogP contribution is 2.38. The van der Waals surface area contributed by atoms with E-state index in [4.69, 9.17) is 4.98 Å². The van der Waals surface area contributed by atoms with E-state index in [-0.39, 0.29) is 17.3 Å². The molecule has 0 saturated carbocycles. The molecule has 0 spiro atoms. The summed E-state index contributed by atoms with van der Waals surface area (Å²) in [6.07, 6.45) is 3.23. The minimum Gasteiger partial charge on any atom is -0.302 e. The number of nitrogens with one attached hydrogen (secondary N) is 1. The topological polar surface area (TPSA) is 79.4 Å². The van der Waals surface area contributed by atoms with Gasteiger partial charge in [0.2, 0.25) is 15.9 Å². The van der Waals surface area contributed by atoms with Crippen LogP contribution in [0.2, 0.25) is 0 Å². The highest BCUT2D eigenvalue weighted by molar-refractivity contribution is 7.89. The van der Waals surface area contributed by atoms with Crippen LogP contribution in [0.5, 0.6) is 0 Å². The number of fused-ring (bicyclic) bond motifs is 3. The van der Waals surface area contributed by atoms with Gasteiger partial charge >= 0.3 is 0 Å². The third-order valence-electron chi connectivity index (χ3n) is 6.24. The summed E-state index contributed by atoms with van der Waals surface area (Å²) in [5.74, 6) is -0.551. The Hall–Kier alpha value is -2.55. The van der Waals surface area contributed by atoms with Crippen LogP contribution >= 0.6 is 11.3 Å². The summed E-state index contributed by atoms with van der Waals surface area (Å²) in [5, 5.41) is 3.56. The lowest BCUT2D eigenvalue weighted by Crippen LogP contribution is -2.43. The Kier molecular flexibility index (Phi) is 5.61. The molecule has 1 fully saturated rings. The van der Waals surface area contributed by atoms with Crippen LogP contribution < -0.4 is 5.32 Å². The molecule has 2 aliphatic rings. The molecule has 5 rings (SSSR count). The van der Waals surface area contributed by atoms with Crippen LogP contribution in [0.3, 0.4) is 0 Å². The van der Waals surface area contributed by atoms with Gasteiger partial charge in [0.05, 0.1) is 16.5 Å². The van der Waals surface area contributed by atoms with Crippen molar-refractivity contribution >= 4 is 32.4 Å². The van der Waals surface area contributed by atoms with Crippen molar-refractivity contribution in [2.24, 2.45) is 5.92 Å². The van der Waals surface area contributed by atoms with E-state index in [2.05, 4.69) is 17.4 Å². The van der Waals surface area contributed by atoms with Gasteiger partial charge in [0.25, 0.3) is 0 Å². The van der Waals surface area contributed by atoms with Gasteiger partial charge in [0, 0.05) is 23.5 Å². The summed E-state index contributed by atoms with van der Waals surface area (Å²) < 4.78 is 27.6. The van der Waals surface area contributed by atoms with Crippen LogP contribution in [0.4, 0.5) is 5.13 Å². The number of amides is 1. The van der Waals surface area contributed by atoms with E-state index in [0.717, 1.165) is 29.7 Å². The number of anilines is 1. The van der Waals surface area contributed by atoms with Crippen molar-refractivity contribution in [3.8, 4) is 11.3 Å². The molecule has 1 unspecified atom stereocenters. The maximum atomic E-state index is 13.1. The first-order chi connectivity index (χ1) is 15.4. The minimum absolute atomic E-state index is 0.159. The van der Waals surface area contributed by atoms with Gasteiger partial charge in [-0.05, 0) is 50.3 Å². The molecule has 2 aromatic carbocycles. The molecule has 0 radical (unpaired) electrons. The zero-order valence-electron chi connectivity index (χ0n) is 17.9. The van der Waals surface area contributed by atoms with Gasteiger partial charge in [-0.3, -0.25) is 4.79 Å². The van der Waals surface area contributed by atoms with Gasteiger partial charge in [0.15, 0.2) is 5.13 Å². The molecule has 1 N–H and O–H groups in total. The first-order valence-corrected chi connectivity index (χ1v) is 13.1. The molecule has 1 aromatic heterocycles. The standard InChI is InChI=1S/C24H25N3O3S2/c1-16-8-11-19(12-9-16)32(29,30)27-14-4-6-18(15-27)23(28)26-24-25-22-20-7-3-2-5-17(20)10-13-21(22)31-24/h2-3,5,7-9,11-12,18H,4,6,10,13-15H2,1H3,(H,25,26,28). The van der Waals surface area contributed by atoms with Crippen molar-refractivity contribution in [1.29, 1.82) is 0 Å². The number of carbonyl (C=O) groups excluding carboxylic acids is 1. The number of thiazole rings is 1. The van der Waals surface area contributed by atoms with Crippen LogP contribution in [0.15, 0.2) is 53.4 Å². The van der Waals surface area contributed by atoms with Crippen molar-refractivity contribution in [1.82, 2.24) is 9.29 Å². The highest BCUT2D eigenvalue weighted by Gasteiger charge is 2.34. The second-order valence-electron chi connectivity index (χ2n) is 8.45. The molecule has 1 amide bonds. The Morgan fingerprint density at radius 1 is 1.12 bits per heavy atom. The first kappa shape index (κ1) is 21.3. The number of sulfonamides is 1. The Bertz CT molecular complexity index is 1270. The van der Waals surface area contributed by atoms with Gasteiger partial charge in [0.1, 0.15) is 0 Å². The molecule has 2 heterocycles. The van der Waals surface area contributed by atoms with Gasteiger partial charge in [-0.15, -0.1) is 11.3 Å². The summed E-state index contributed by atoms with van der Waals surface area (Å²) in [6, 6.07) is 15.1. The molecule has 1 aliphatic carbocycles. The highest BCUT2D eigenvalue weighted by atomic mass is 32.2. The number of aryl methyl sites for hydroxylation is 3. The molecule has 166 valence electrons. The quantitative estimate of drug-likeness (QED) is 0.622. The van der Waals surface area contributed by atoms with E-state index in [1.807, 2.05) is 19.1 Å². The number of aromatic nitrogens is 1. The number of hydrogen-bond donors (Lipinski definition) is 1. The SMILES string of the molecule is Cc1ccc(S(=O)(=O)N2CCCC(C(=O)Nc3nc4c(s3)CCc3ccccc3-4)C2)cc1. The maximum Gasteiger partial charge on any atom is 0.243 e. The van der Waals surface area contributed by atoms with Gasteiger partial charge in [-0.25, -0.2) is 13.4 Å². The second-order valence-corrected chi connectivity index (χ2v) is 11.5. The van der Waals surface area contributed by atoms with Gasteiger partial charge in [-0.1, -0.05) is 42.0 Å². The predicted octanol–water partition coefficient (Wildman–Crippen LogP) is 4.26. The zero-order chi connectivity index (χ0) is 22.3. The normalized spacial score (nSPS) is 18.6. The molecule has 1 aliphatic heterocycles. The van der Waals surface area contributed by atoms with Gasteiger partial charge in [-0.2, -0.15) is 4.31 Å². The third kappa shape index (κ3) is 3.98. The molecular formula is C24H25N3O3S2. The van der Waals surface area contributed by atoms with Crippen molar-refractivity contribution in [2.75, 3.05) is 18.4 Å². The summed E-state index contributed by atoms with van der Waals surface area (Å²) in [5.41, 5.74) is 4.39. The van der Waals surface area contributed by atoms with Crippen LogP contribution in [0, 0.1) is 12.8 Å². The average Bonchev–Trinajstić information content (AvgIpc) is 3.22. The molecule has 32 heavy (non-hydrogen) atoms. The largest absolute Gasteiger partial charge is 0.302 e. The van der Waals surface area contributed by atoms with Crippen molar-refractivity contribution in [3.63, 3.8) is 0 Å². The summed E-state index contributed by atoms with van der Waals surface area (Å²) >= 11 is 1.52. The average molecular weight is 468 g/mol. The van der Waals surface area contributed by atoms with Crippen molar-refractivity contribution < 1.29 is 13.2 Å². The Balaban J connectivity index is 1.31. The number of carbonyl (C=O) groups is 1. The van der Waals surface area contributed by atoms with Crippen LogP contribution in [-0.2, 0) is 27.7 Å². The van der Waals surface area contributed by atoms with E-state index < -0.39 is 15.9 Å². The van der Waals surface area contributed by atoms with Crippen molar-refractivity contribution in [2.45, 2.75) is 37.5 Å². The van der Waals surface area contributed by atoms with Crippen molar-refractivity contribution in [3.05, 3.63) is 64.5 Å². The predicted molar refractivity (Wildman–Crippen MR) is 126 cm³/mol. The lowest BCUT2D eigenvalue weighted by atomic mass is 9.94. The molecule has 1 saturated heterocycles.